The predicted octanol–water partition coefficient (Wildman–Crippen LogP) is 7.33. The Morgan fingerprint density at radius 3 is 1.38 bits per heavy atom. The quantitative estimate of drug-likeness (QED) is 0.511. The Balaban J connectivity index is 0.000000211. The van der Waals surface area contributed by atoms with E-state index >= 15 is 0 Å². The van der Waals surface area contributed by atoms with Crippen LogP contribution in [0.3, 0.4) is 0 Å². The van der Waals surface area contributed by atoms with Crippen molar-refractivity contribution in [2.45, 2.75) is 99.3 Å². The van der Waals surface area contributed by atoms with E-state index in [1.165, 1.54) is 57.8 Å². The van der Waals surface area contributed by atoms with Gasteiger partial charge in [0.1, 0.15) is 0 Å². The Morgan fingerprint density at radius 2 is 1.05 bits per heavy atom. The summed E-state index contributed by atoms with van der Waals surface area (Å²) in [6.45, 7) is 14.2. The molecule has 21 heavy (non-hydrogen) atoms. The first kappa shape index (κ1) is 19.0. The minimum atomic E-state index is 0.924. The lowest BCUT2D eigenvalue weighted by atomic mass is 9.76. The molecule has 2 aliphatic carbocycles. The summed E-state index contributed by atoms with van der Waals surface area (Å²) in [5.74, 6) is 6.01. The molecule has 0 saturated heterocycles. The molecule has 0 aromatic rings. The Bertz CT molecular complexity index is 239. The molecule has 0 heteroatoms. The molecule has 0 nitrogen and oxygen atoms in total. The summed E-state index contributed by atoms with van der Waals surface area (Å²) < 4.78 is 0. The predicted molar refractivity (Wildman–Crippen MR) is 96.5 cm³/mol. The van der Waals surface area contributed by atoms with Crippen LogP contribution in [-0.2, 0) is 0 Å². The SMILES string of the molecule is CC1CCC(C(C)C)CC1.CCC(C)C1CCC(C)CC1. The van der Waals surface area contributed by atoms with Crippen LogP contribution in [0.25, 0.3) is 0 Å². The van der Waals surface area contributed by atoms with Gasteiger partial charge < -0.3 is 0 Å². The van der Waals surface area contributed by atoms with Gasteiger partial charge in [-0.3, -0.25) is 0 Å². The standard InChI is InChI=1S/C11H22.C10H20/c1-4-10(3)11-7-5-9(2)6-8-11;1-8(2)10-6-4-9(3)5-7-10/h9-11H,4-8H2,1-3H3;8-10H,4-7H2,1-3H3. The van der Waals surface area contributed by atoms with E-state index in [4.69, 9.17) is 0 Å². The summed E-state index contributed by atoms with van der Waals surface area (Å²) in [4.78, 5) is 0. The van der Waals surface area contributed by atoms with Crippen LogP contribution in [0.5, 0.6) is 0 Å². The third-order valence-corrected chi connectivity index (χ3v) is 6.51. The Labute approximate surface area is 135 Å². The van der Waals surface area contributed by atoms with Crippen LogP contribution >= 0.6 is 0 Å². The van der Waals surface area contributed by atoms with Gasteiger partial charge in [0.2, 0.25) is 0 Å². The summed E-state index contributed by atoms with van der Waals surface area (Å²) in [6, 6.07) is 0. The average Bonchev–Trinajstić information content (AvgIpc) is 2.48. The van der Waals surface area contributed by atoms with Gasteiger partial charge in [-0.15, -0.1) is 0 Å². The van der Waals surface area contributed by atoms with E-state index < -0.39 is 0 Å². The molecule has 2 saturated carbocycles. The van der Waals surface area contributed by atoms with Crippen molar-refractivity contribution >= 4 is 0 Å². The molecule has 2 rings (SSSR count). The van der Waals surface area contributed by atoms with E-state index in [9.17, 15) is 0 Å². The molecule has 0 amide bonds. The summed E-state index contributed by atoms with van der Waals surface area (Å²) in [5.41, 5.74) is 0. The van der Waals surface area contributed by atoms with Gasteiger partial charge in [0.05, 0.1) is 0 Å². The van der Waals surface area contributed by atoms with E-state index in [1.807, 2.05) is 0 Å². The highest BCUT2D eigenvalue weighted by Crippen LogP contribution is 2.34. The topological polar surface area (TPSA) is 0 Å². The van der Waals surface area contributed by atoms with E-state index in [-0.39, 0.29) is 0 Å². The zero-order valence-electron chi connectivity index (χ0n) is 15.8. The van der Waals surface area contributed by atoms with E-state index in [0.29, 0.717) is 0 Å². The highest BCUT2D eigenvalue weighted by atomic mass is 14.3. The molecular formula is C21H42. The van der Waals surface area contributed by atoms with Crippen LogP contribution in [0.2, 0.25) is 0 Å². The lowest BCUT2D eigenvalue weighted by Gasteiger charge is -2.30. The molecular weight excluding hydrogens is 252 g/mol. The van der Waals surface area contributed by atoms with Gasteiger partial charge in [-0.25, -0.2) is 0 Å². The molecule has 126 valence electrons. The number of hydrogen-bond acceptors (Lipinski definition) is 0. The van der Waals surface area contributed by atoms with E-state index in [2.05, 4.69) is 41.5 Å². The van der Waals surface area contributed by atoms with Crippen LogP contribution in [0, 0.1) is 35.5 Å². The molecule has 1 unspecified atom stereocenters. The second kappa shape index (κ2) is 9.90. The van der Waals surface area contributed by atoms with Crippen LogP contribution in [0.1, 0.15) is 99.3 Å². The van der Waals surface area contributed by atoms with Crippen molar-refractivity contribution in [3.8, 4) is 0 Å². The fourth-order valence-electron chi connectivity index (χ4n) is 4.14. The largest absolute Gasteiger partial charge is 0.0651 e. The summed E-state index contributed by atoms with van der Waals surface area (Å²) in [7, 11) is 0. The molecule has 0 bridgehead atoms. The first-order chi connectivity index (χ1) is 9.93. The van der Waals surface area contributed by atoms with Crippen molar-refractivity contribution in [1.29, 1.82) is 0 Å². The number of rotatable bonds is 3. The zero-order valence-corrected chi connectivity index (χ0v) is 15.8. The molecule has 0 radical (unpaired) electrons. The maximum Gasteiger partial charge on any atom is -0.0388 e. The molecule has 2 aliphatic rings. The van der Waals surface area contributed by atoms with Crippen LogP contribution in [0.15, 0.2) is 0 Å². The monoisotopic (exact) mass is 294 g/mol. The molecule has 0 spiro atoms. The van der Waals surface area contributed by atoms with Gasteiger partial charge in [0, 0.05) is 0 Å². The van der Waals surface area contributed by atoms with Crippen molar-refractivity contribution < 1.29 is 0 Å². The number of hydrogen-bond donors (Lipinski definition) is 0. The average molecular weight is 295 g/mol. The van der Waals surface area contributed by atoms with Gasteiger partial charge >= 0.3 is 0 Å². The third-order valence-electron chi connectivity index (χ3n) is 6.51. The van der Waals surface area contributed by atoms with Crippen molar-refractivity contribution in [2.75, 3.05) is 0 Å². The summed E-state index contributed by atoms with van der Waals surface area (Å²) in [5, 5.41) is 0. The van der Waals surface area contributed by atoms with Crippen LogP contribution in [-0.4, -0.2) is 0 Å². The second-order valence-electron chi connectivity index (χ2n) is 8.67. The van der Waals surface area contributed by atoms with Crippen molar-refractivity contribution in [3.63, 3.8) is 0 Å². The van der Waals surface area contributed by atoms with E-state index in [1.54, 1.807) is 0 Å². The van der Waals surface area contributed by atoms with Gasteiger partial charge in [0.25, 0.3) is 0 Å². The smallest absolute Gasteiger partial charge is 0.0388 e. The summed E-state index contributed by atoms with van der Waals surface area (Å²) in [6.07, 6.45) is 13.2. The highest BCUT2D eigenvalue weighted by molar-refractivity contribution is 4.73. The van der Waals surface area contributed by atoms with Crippen LogP contribution < -0.4 is 0 Å². The third kappa shape index (κ3) is 7.20. The molecule has 1 atom stereocenters. The highest BCUT2D eigenvalue weighted by Gasteiger charge is 2.21. The molecule has 0 aromatic heterocycles. The van der Waals surface area contributed by atoms with E-state index in [0.717, 1.165) is 35.5 Å². The van der Waals surface area contributed by atoms with Crippen molar-refractivity contribution in [3.05, 3.63) is 0 Å². The first-order valence-electron chi connectivity index (χ1n) is 9.93. The Morgan fingerprint density at radius 1 is 0.667 bits per heavy atom. The Kier molecular flexibility index (Phi) is 8.98. The van der Waals surface area contributed by atoms with Crippen LogP contribution in [0.4, 0.5) is 0 Å². The second-order valence-corrected chi connectivity index (χ2v) is 8.67. The van der Waals surface area contributed by atoms with Gasteiger partial charge in [-0.05, 0) is 61.2 Å². The van der Waals surface area contributed by atoms with Crippen molar-refractivity contribution in [2.24, 2.45) is 35.5 Å². The maximum absolute atomic E-state index is 2.42. The molecule has 2 fully saturated rings. The maximum atomic E-state index is 2.42. The fourth-order valence-corrected chi connectivity index (χ4v) is 4.14. The lowest BCUT2D eigenvalue weighted by molar-refractivity contribution is 0.219. The van der Waals surface area contributed by atoms with Gasteiger partial charge in [0.15, 0.2) is 0 Å². The normalized spacial score (nSPS) is 35.0. The Hall–Kier alpha value is 0. The van der Waals surface area contributed by atoms with Gasteiger partial charge in [-0.2, -0.15) is 0 Å². The molecule has 0 aliphatic heterocycles. The first-order valence-corrected chi connectivity index (χ1v) is 9.93. The molecule has 0 N–H and O–H groups in total. The van der Waals surface area contributed by atoms with Crippen molar-refractivity contribution in [1.82, 2.24) is 0 Å². The molecule has 0 heterocycles. The minimum Gasteiger partial charge on any atom is -0.0651 e. The summed E-state index contributed by atoms with van der Waals surface area (Å²) >= 11 is 0. The minimum absolute atomic E-state index is 0.924. The molecule has 0 aromatic carbocycles. The van der Waals surface area contributed by atoms with Gasteiger partial charge in [-0.1, -0.05) is 73.6 Å². The fraction of sp³-hybridized carbons (Fsp3) is 1.00. The zero-order chi connectivity index (χ0) is 15.8. The lowest BCUT2D eigenvalue weighted by Crippen LogP contribution is -2.18.